The molecule has 8 nitrogen and oxygen atoms in total. The maximum absolute atomic E-state index is 13.5. The summed E-state index contributed by atoms with van der Waals surface area (Å²) in [4.78, 5) is 11.4. The molecule has 192 valence electrons. The molecule has 3 aliphatic rings. The van der Waals surface area contributed by atoms with Crippen molar-refractivity contribution in [3.63, 3.8) is 0 Å². The number of benzene rings is 1. The molecular weight excluding hydrogens is 490 g/mol. The molecule has 1 aliphatic carbocycles. The number of likely N-dealkylation sites (tertiary alicyclic amines) is 1. The quantitative estimate of drug-likeness (QED) is 0.516. The van der Waals surface area contributed by atoms with E-state index in [2.05, 4.69) is 32.2 Å². The Labute approximate surface area is 212 Å². The van der Waals surface area contributed by atoms with E-state index in [9.17, 15) is 13.9 Å². The number of ether oxygens (including phenoxy) is 1. The molecule has 3 atom stereocenters. The lowest BCUT2D eigenvalue weighted by Gasteiger charge is -2.43. The molecular formula is C25H29ClF2N6O2. The summed E-state index contributed by atoms with van der Waals surface area (Å²) < 4.78 is 33.9. The smallest absolute Gasteiger partial charge is 0.272 e. The third-order valence-electron chi connectivity index (χ3n) is 8.12. The number of fused-ring (bicyclic) bond motifs is 1. The average molecular weight is 519 g/mol. The van der Waals surface area contributed by atoms with Gasteiger partial charge in [0.05, 0.1) is 48.0 Å². The van der Waals surface area contributed by atoms with Crippen LogP contribution < -0.4 is 5.32 Å². The molecule has 11 heteroatoms. The molecule has 2 saturated heterocycles. The third kappa shape index (κ3) is 4.04. The number of aliphatic hydroxyl groups is 1. The van der Waals surface area contributed by atoms with Crippen molar-refractivity contribution in [2.24, 2.45) is 0 Å². The van der Waals surface area contributed by atoms with Crippen molar-refractivity contribution in [2.75, 3.05) is 31.6 Å². The molecule has 0 amide bonds. The summed E-state index contributed by atoms with van der Waals surface area (Å²) in [5.74, 6) is -2.03. The van der Waals surface area contributed by atoms with Gasteiger partial charge in [-0.1, -0.05) is 11.6 Å². The molecule has 1 aromatic carbocycles. The van der Waals surface area contributed by atoms with Gasteiger partial charge < -0.3 is 15.2 Å². The highest BCUT2D eigenvalue weighted by Crippen LogP contribution is 2.53. The number of nitrogens with zero attached hydrogens (tertiary/aromatic N) is 5. The Hall–Kier alpha value is -2.40. The number of anilines is 2. The number of hydrogen-bond donors (Lipinski definition) is 2. The first-order valence-electron chi connectivity index (χ1n) is 12.3. The highest BCUT2D eigenvalue weighted by Gasteiger charge is 2.59. The van der Waals surface area contributed by atoms with Crippen LogP contribution in [0.15, 0.2) is 24.5 Å². The van der Waals surface area contributed by atoms with E-state index >= 15 is 0 Å². The molecule has 0 spiro atoms. The zero-order valence-electron chi connectivity index (χ0n) is 20.2. The molecule has 2 aliphatic heterocycles. The summed E-state index contributed by atoms with van der Waals surface area (Å²) in [6.07, 6.45) is 4.43. The number of aliphatic hydroxyl groups excluding tert-OH is 1. The van der Waals surface area contributed by atoms with Crippen LogP contribution in [0.3, 0.4) is 0 Å². The van der Waals surface area contributed by atoms with E-state index in [-0.39, 0.29) is 17.9 Å². The lowest BCUT2D eigenvalue weighted by atomic mass is 9.85. The Morgan fingerprint density at radius 2 is 1.97 bits per heavy atom. The minimum absolute atomic E-state index is 0.183. The maximum atomic E-state index is 13.5. The van der Waals surface area contributed by atoms with Gasteiger partial charge in [-0.15, -0.1) is 0 Å². The normalized spacial score (nSPS) is 28.6. The Bertz CT molecular complexity index is 1310. The van der Waals surface area contributed by atoms with Gasteiger partial charge in [-0.2, -0.15) is 5.10 Å². The van der Waals surface area contributed by atoms with E-state index in [1.165, 1.54) is 10.9 Å². The fourth-order valence-corrected chi connectivity index (χ4v) is 5.87. The molecule has 36 heavy (non-hydrogen) atoms. The van der Waals surface area contributed by atoms with Crippen molar-refractivity contribution >= 4 is 34.1 Å². The van der Waals surface area contributed by atoms with Crippen LogP contribution >= 0.6 is 11.6 Å². The monoisotopic (exact) mass is 518 g/mol. The van der Waals surface area contributed by atoms with Crippen molar-refractivity contribution in [3.05, 3.63) is 40.8 Å². The van der Waals surface area contributed by atoms with E-state index < -0.39 is 18.1 Å². The van der Waals surface area contributed by atoms with Crippen molar-refractivity contribution in [3.8, 4) is 0 Å². The van der Waals surface area contributed by atoms with Gasteiger partial charge in [0.25, 0.3) is 5.92 Å². The van der Waals surface area contributed by atoms with Crippen molar-refractivity contribution in [1.29, 1.82) is 0 Å². The number of hydrogen-bond acceptors (Lipinski definition) is 7. The van der Waals surface area contributed by atoms with Crippen molar-refractivity contribution in [2.45, 2.75) is 62.6 Å². The van der Waals surface area contributed by atoms with E-state index in [4.69, 9.17) is 16.3 Å². The zero-order valence-corrected chi connectivity index (χ0v) is 21.0. The highest BCUT2D eigenvalue weighted by atomic mass is 35.5. The van der Waals surface area contributed by atoms with E-state index in [1.807, 2.05) is 12.1 Å². The molecule has 3 aromatic rings. The highest BCUT2D eigenvalue weighted by molar-refractivity contribution is 6.32. The van der Waals surface area contributed by atoms with Gasteiger partial charge in [0.1, 0.15) is 6.04 Å². The standard InChI is InChI=1S/C25H29ClF2N6O2/c1-14-20(11-30-34(14)21-9-25(21,27)28)32-23-29-10-16-7-18(26)17(8-19(16)31-23)15-3-5-33(6-4-15)24(2)13-36-12-22(24)35/h7-8,10-11,15,21-22,35H,3-6,9,12-13H2,1-2H3,(H,29,31,32)/t21-,22-,24+/m0/s1. The number of aromatic nitrogens is 4. The first kappa shape index (κ1) is 24.0. The van der Waals surface area contributed by atoms with E-state index in [1.54, 1.807) is 13.1 Å². The Morgan fingerprint density at radius 3 is 2.64 bits per heavy atom. The van der Waals surface area contributed by atoms with Crippen LogP contribution in [-0.2, 0) is 4.74 Å². The van der Waals surface area contributed by atoms with Gasteiger partial charge in [-0.05, 0) is 63.4 Å². The second-order valence-electron chi connectivity index (χ2n) is 10.5. The van der Waals surface area contributed by atoms with Gasteiger partial charge in [0.15, 0.2) is 0 Å². The summed E-state index contributed by atoms with van der Waals surface area (Å²) in [5, 5.41) is 19.2. The van der Waals surface area contributed by atoms with E-state index in [0.29, 0.717) is 35.6 Å². The number of nitrogens with one attached hydrogen (secondary N) is 1. The summed E-state index contributed by atoms with van der Waals surface area (Å²) in [6.45, 7) is 6.47. The van der Waals surface area contributed by atoms with Crippen LogP contribution in [0.4, 0.5) is 20.4 Å². The Kier molecular flexibility index (Phi) is 5.71. The maximum Gasteiger partial charge on any atom is 0.272 e. The largest absolute Gasteiger partial charge is 0.389 e. The molecule has 4 heterocycles. The van der Waals surface area contributed by atoms with Crippen LogP contribution in [0.2, 0.25) is 5.02 Å². The molecule has 2 N–H and O–H groups in total. The van der Waals surface area contributed by atoms with Crippen LogP contribution in [0.5, 0.6) is 0 Å². The van der Waals surface area contributed by atoms with Crippen molar-refractivity contribution < 1.29 is 18.6 Å². The summed E-state index contributed by atoms with van der Waals surface area (Å²) in [5.41, 5.74) is 2.70. The summed E-state index contributed by atoms with van der Waals surface area (Å²) in [7, 11) is 0. The molecule has 0 unspecified atom stereocenters. The predicted molar refractivity (Wildman–Crippen MR) is 132 cm³/mol. The van der Waals surface area contributed by atoms with Crippen LogP contribution in [0.25, 0.3) is 10.9 Å². The summed E-state index contributed by atoms with van der Waals surface area (Å²) in [6, 6.07) is 3.05. The molecule has 6 rings (SSSR count). The summed E-state index contributed by atoms with van der Waals surface area (Å²) >= 11 is 6.69. The topological polar surface area (TPSA) is 88.3 Å². The van der Waals surface area contributed by atoms with Gasteiger partial charge >= 0.3 is 0 Å². The zero-order chi connectivity index (χ0) is 25.2. The predicted octanol–water partition coefficient (Wildman–Crippen LogP) is 4.44. The minimum atomic E-state index is -2.69. The Morgan fingerprint density at radius 1 is 1.22 bits per heavy atom. The van der Waals surface area contributed by atoms with Gasteiger partial charge in [0, 0.05) is 23.0 Å². The molecule has 0 bridgehead atoms. The number of piperidine rings is 1. The Balaban J connectivity index is 1.20. The van der Waals surface area contributed by atoms with Gasteiger partial charge in [-0.25, -0.2) is 18.7 Å². The van der Waals surface area contributed by atoms with Crippen molar-refractivity contribution in [1.82, 2.24) is 24.6 Å². The molecule has 1 saturated carbocycles. The second kappa shape index (κ2) is 8.58. The molecule has 0 radical (unpaired) electrons. The number of alkyl halides is 2. The number of halogens is 3. The van der Waals surface area contributed by atoms with Gasteiger partial charge in [0.2, 0.25) is 5.95 Å². The first-order valence-corrected chi connectivity index (χ1v) is 12.7. The number of rotatable bonds is 5. The lowest BCUT2D eigenvalue weighted by molar-refractivity contribution is -0.00211. The van der Waals surface area contributed by atoms with Crippen LogP contribution in [-0.4, -0.2) is 73.6 Å². The molecule has 2 aromatic heterocycles. The molecule has 3 fully saturated rings. The van der Waals surface area contributed by atoms with E-state index in [0.717, 1.165) is 42.4 Å². The van der Waals surface area contributed by atoms with Crippen LogP contribution in [0, 0.1) is 6.92 Å². The lowest BCUT2D eigenvalue weighted by Crippen LogP contribution is -2.56. The first-order chi connectivity index (χ1) is 17.2. The fraction of sp³-hybridized carbons (Fsp3) is 0.560. The van der Waals surface area contributed by atoms with Crippen LogP contribution in [0.1, 0.15) is 49.4 Å². The minimum Gasteiger partial charge on any atom is -0.389 e. The second-order valence-corrected chi connectivity index (χ2v) is 10.9. The third-order valence-corrected chi connectivity index (χ3v) is 8.45. The van der Waals surface area contributed by atoms with Gasteiger partial charge in [-0.3, -0.25) is 9.58 Å². The fourth-order valence-electron chi connectivity index (χ4n) is 5.54. The average Bonchev–Trinajstić information content (AvgIpc) is 3.13. The SMILES string of the molecule is Cc1c(Nc2ncc3cc(Cl)c(C4CCN([C@]5(C)COC[C@@H]5O)CC4)cc3n2)cnn1[C@H]1CC1(F)F.